The summed E-state index contributed by atoms with van der Waals surface area (Å²) >= 11 is 0. The number of hydrogen-bond acceptors (Lipinski definition) is 6. The Hall–Kier alpha value is -1.66. The van der Waals surface area contributed by atoms with E-state index in [-0.39, 0.29) is 18.7 Å². The minimum Gasteiger partial charge on any atom is -0.462 e. The van der Waals surface area contributed by atoms with Gasteiger partial charge in [0.1, 0.15) is 11.4 Å². The van der Waals surface area contributed by atoms with E-state index in [4.69, 9.17) is 14.6 Å². The topological polar surface area (TPSA) is 71.9 Å². The largest absolute Gasteiger partial charge is 0.462 e. The number of nitrogens with zero attached hydrogens (tertiary/aromatic N) is 2. The normalized spacial score (nSPS) is 16.0. The molecule has 1 aromatic heterocycles. The van der Waals surface area contributed by atoms with Gasteiger partial charge in [0.2, 0.25) is 0 Å². The van der Waals surface area contributed by atoms with Crippen LogP contribution in [-0.2, 0) is 9.47 Å². The van der Waals surface area contributed by atoms with Gasteiger partial charge in [-0.05, 0) is 31.9 Å². The zero-order chi connectivity index (χ0) is 15.1. The molecule has 1 fully saturated rings. The van der Waals surface area contributed by atoms with Crippen molar-refractivity contribution < 1.29 is 19.4 Å². The van der Waals surface area contributed by atoms with Crippen molar-refractivity contribution >= 4 is 11.8 Å². The fourth-order valence-electron chi connectivity index (χ4n) is 2.47. The SMILES string of the molecule is CCOC(=O)c1cccnc1N1CCC(OCCO)CC1. The van der Waals surface area contributed by atoms with Crippen LogP contribution in [0.2, 0.25) is 0 Å². The molecule has 116 valence electrons. The molecule has 0 amide bonds. The number of carbonyl (C=O) groups is 1. The van der Waals surface area contributed by atoms with Gasteiger partial charge in [0.05, 0.1) is 25.9 Å². The third-order valence-corrected chi connectivity index (χ3v) is 3.47. The van der Waals surface area contributed by atoms with Crippen molar-refractivity contribution in [1.29, 1.82) is 0 Å². The van der Waals surface area contributed by atoms with Gasteiger partial charge in [-0.3, -0.25) is 0 Å². The van der Waals surface area contributed by atoms with Gasteiger partial charge in [-0.15, -0.1) is 0 Å². The lowest BCUT2D eigenvalue weighted by atomic mass is 10.1. The highest BCUT2D eigenvalue weighted by Gasteiger charge is 2.24. The van der Waals surface area contributed by atoms with Crippen LogP contribution in [0.25, 0.3) is 0 Å². The predicted octanol–water partition coefficient (Wildman–Crippen LogP) is 1.24. The Balaban J connectivity index is 2.01. The minimum atomic E-state index is -0.334. The van der Waals surface area contributed by atoms with Crippen LogP contribution in [-0.4, -0.2) is 55.1 Å². The Morgan fingerprint density at radius 2 is 2.24 bits per heavy atom. The molecule has 1 aromatic rings. The molecule has 0 spiro atoms. The van der Waals surface area contributed by atoms with Crippen molar-refractivity contribution in [2.75, 3.05) is 37.8 Å². The van der Waals surface area contributed by atoms with Crippen molar-refractivity contribution in [2.24, 2.45) is 0 Å². The van der Waals surface area contributed by atoms with Gasteiger partial charge >= 0.3 is 5.97 Å². The van der Waals surface area contributed by atoms with E-state index in [9.17, 15) is 4.79 Å². The Kier molecular flexibility index (Phi) is 5.95. The maximum absolute atomic E-state index is 12.0. The first-order valence-corrected chi connectivity index (χ1v) is 7.35. The monoisotopic (exact) mass is 294 g/mol. The number of aliphatic hydroxyl groups excluding tert-OH is 1. The highest BCUT2D eigenvalue weighted by atomic mass is 16.5. The molecule has 2 heterocycles. The number of carbonyl (C=O) groups excluding carboxylic acids is 1. The fraction of sp³-hybridized carbons (Fsp3) is 0.600. The quantitative estimate of drug-likeness (QED) is 0.796. The molecular formula is C15H22N2O4. The van der Waals surface area contributed by atoms with Gasteiger partial charge in [-0.2, -0.15) is 0 Å². The first-order chi connectivity index (χ1) is 10.3. The third kappa shape index (κ3) is 4.15. The second-order valence-electron chi connectivity index (χ2n) is 4.88. The van der Waals surface area contributed by atoms with Crippen molar-refractivity contribution in [1.82, 2.24) is 4.98 Å². The number of esters is 1. The van der Waals surface area contributed by atoms with E-state index in [1.807, 2.05) is 0 Å². The standard InChI is InChI=1S/C15H22N2O4/c1-2-20-15(19)13-4-3-7-16-14(13)17-8-5-12(6-9-17)21-11-10-18/h3-4,7,12,18H,2,5-6,8-11H2,1H3. The van der Waals surface area contributed by atoms with Crippen LogP contribution in [0.1, 0.15) is 30.1 Å². The highest BCUT2D eigenvalue weighted by molar-refractivity contribution is 5.94. The molecule has 1 saturated heterocycles. The zero-order valence-electron chi connectivity index (χ0n) is 12.3. The van der Waals surface area contributed by atoms with E-state index in [0.29, 0.717) is 24.6 Å². The summed E-state index contributed by atoms with van der Waals surface area (Å²) in [5.74, 6) is 0.343. The molecule has 0 bridgehead atoms. The molecule has 2 rings (SSSR count). The smallest absolute Gasteiger partial charge is 0.341 e. The number of aliphatic hydroxyl groups is 1. The molecule has 0 aromatic carbocycles. The summed E-state index contributed by atoms with van der Waals surface area (Å²) in [7, 11) is 0. The van der Waals surface area contributed by atoms with Crippen LogP contribution >= 0.6 is 0 Å². The van der Waals surface area contributed by atoms with Gasteiger partial charge in [-0.1, -0.05) is 0 Å². The van der Waals surface area contributed by atoms with Crippen molar-refractivity contribution in [2.45, 2.75) is 25.9 Å². The summed E-state index contributed by atoms with van der Waals surface area (Å²) in [6.07, 6.45) is 3.58. The maximum atomic E-state index is 12.0. The Morgan fingerprint density at radius 1 is 1.48 bits per heavy atom. The first-order valence-electron chi connectivity index (χ1n) is 7.35. The summed E-state index contributed by atoms with van der Waals surface area (Å²) in [4.78, 5) is 18.4. The van der Waals surface area contributed by atoms with Crippen LogP contribution in [0.3, 0.4) is 0 Å². The fourth-order valence-corrected chi connectivity index (χ4v) is 2.47. The predicted molar refractivity (Wildman–Crippen MR) is 78.5 cm³/mol. The van der Waals surface area contributed by atoms with Crippen LogP contribution in [0.5, 0.6) is 0 Å². The maximum Gasteiger partial charge on any atom is 0.341 e. The van der Waals surface area contributed by atoms with Gasteiger partial charge in [0.15, 0.2) is 0 Å². The van der Waals surface area contributed by atoms with Gasteiger partial charge < -0.3 is 19.5 Å². The lowest BCUT2D eigenvalue weighted by Gasteiger charge is -2.33. The van der Waals surface area contributed by atoms with Crippen molar-refractivity contribution in [3.05, 3.63) is 23.9 Å². The van der Waals surface area contributed by atoms with Crippen LogP contribution in [0.4, 0.5) is 5.82 Å². The first kappa shape index (κ1) is 15.7. The molecule has 1 aliphatic heterocycles. The molecule has 0 unspecified atom stereocenters. The summed E-state index contributed by atoms with van der Waals surface area (Å²) in [6, 6.07) is 3.49. The summed E-state index contributed by atoms with van der Waals surface area (Å²) in [6.45, 7) is 4.12. The molecule has 6 nitrogen and oxygen atoms in total. The Labute approximate surface area is 124 Å². The number of pyridine rings is 1. The van der Waals surface area contributed by atoms with Gasteiger partial charge in [0, 0.05) is 19.3 Å². The number of aromatic nitrogens is 1. The third-order valence-electron chi connectivity index (χ3n) is 3.47. The molecule has 0 atom stereocenters. The van der Waals surface area contributed by atoms with E-state index in [1.165, 1.54) is 0 Å². The van der Waals surface area contributed by atoms with E-state index < -0.39 is 0 Å². The van der Waals surface area contributed by atoms with Crippen LogP contribution < -0.4 is 4.90 Å². The van der Waals surface area contributed by atoms with Crippen LogP contribution in [0.15, 0.2) is 18.3 Å². The Morgan fingerprint density at radius 3 is 2.90 bits per heavy atom. The summed E-state index contributed by atoms with van der Waals surface area (Å²) in [5.41, 5.74) is 0.508. The molecule has 6 heteroatoms. The second-order valence-corrected chi connectivity index (χ2v) is 4.88. The Bertz CT molecular complexity index is 459. The lowest BCUT2D eigenvalue weighted by Crippen LogP contribution is -2.38. The number of anilines is 1. The van der Waals surface area contributed by atoms with E-state index in [2.05, 4.69) is 9.88 Å². The molecule has 1 aliphatic rings. The molecular weight excluding hydrogens is 272 g/mol. The number of piperidine rings is 1. The highest BCUT2D eigenvalue weighted by Crippen LogP contribution is 2.23. The molecule has 0 radical (unpaired) electrons. The molecule has 0 saturated carbocycles. The molecule has 0 aliphatic carbocycles. The summed E-state index contributed by atoms with van der Waals surface area (Å²) < 4.78 is 10.6. The number of rotatable bonds is 6. The van der Waals surface area contributed by atoms with E-state index in [1.54, 1.807) is 25.3 Å². The van der Waals surface area contributed by atoms with Crippen LogP contribution in [0, 0.1) is 0 Å². The van der Waals surface area contributed by atoms with Gasteiger partial charge in [-0.25, -0.2) is 9.78 Å². The second kappa shape index (κ2) is 7.95. The molecule has 1 N–H and O–H groups in total. The number of ether oxygens (including phenoxy) is 2. The molecule has 21 heavy (non-hydrogen) atoms. The number of hydrogen-bond donors (Lipinski definition) is 1. The van der Waals surface area contributed by atoms with E-state index in [0.717, 1.165) is 25.9 Å². The summed E-state index contributed by atoms with van der Waals surface area (Å²) in [5, 5.41) is 8.78. The van der Waals surface area contributed by atoms with E-state index >= 15 is 0 Å². The van der Waals surface area contributed by atoms with Crippen molar-refractivity contribution in [3.63, 3.8) is 0 Å². The average Bonchev–Trinajstić information content (AvgIpc) is 2.53. The minimum absolute atomic E-state index is 0.0491. The zero-order valence-corrected chi connectivity index (χ0v) is 12.3. The van der Waals surface area contributed by atoms with Gasteiger partial charge in [0.25, 0.3) is 0 Å². The average molecular weight is 294 g/mol. The van der Waals surface area contributed by atoms with Crippen molar-refractivity contribution in [3.8, 4) is 0 Å². The lowest BCUT2D eigenvalue weighted by molar-refractivity contribution is 0.0158.